The highest BCUT2D eigenvalue weighted by Gasteiger charge is 2.32. The van der Waals surface area contributed by atoms with Gasteiger partial charge < -0.3 is 0 Å². The first-order valence-electron chi connectivity index (χ1n) is 12.0. The Balaban J connectivity index is 1.57. The van der Waals surface area contributed by atoms with Crippen LogP contribution in [0.4, 0.5) is 0 Å². The number of hydrogen-bond acceptors (Lipinski definition) is 1. The highest BCUT2D eigenvalue weighted by Crippen LogP contribution is 2.44. The molecule has 0 aliphatic heterocycles. The largest absolute Gasteiger partial charge is 0.176 e. The van der Waals surface area contributed by atoms with Gasteiger partial charge in [0.25, 0.3) is 0 Å². The van der Waals surface area contributed by atoms with Crippen LogP contribution in [0.2, 0.25) is 0 Å². The second-order valence-electron chi connectivity index (χ2n) is 10.0. The molecule has 0 nitrogen and oxygen atoms in total. The van der Waals surface area contributed by atoms with E-state index in [9.17, 15) is 0 Å². The van der Waals surface area contributed by atoms with Crippen LogP contribution < -0.4 is 0 Å². The summed E-state index contributed by atoms with van der Waals surface area (Å²) in [5.41, 5.74) is 1.87. The lowest BCUT2D eigenvalue weighted by Gasteiger charge is -2.28. The van der Waals surface area contributed by atoms with Gasteiger partial charge in [0, 0.05) is 5.25 Å². The van der Waals surface area contributed by atoms with Crippen LogP contribution in [0.1, 0.15) is 110 Å². The highest BCUT2D eigenvalue weighted by atomic mass is 32.1. The number of fused-ring (bicyclic) bond motifs is 1. The van der Waals surface area contributed by atoms with Crippen LogP contribution in [0.5, 0.6) is 0 Å². The van der Waals surface area contributed by atoms with Gasteiger partial charge in [0.2, 0.25) is 0 Å². The Labute approximate surface area is 169 Å². The fraction of sp³-hybridized carbons (Fsp3) is 0.920. The van der Waals surface area contributed by atoms with Crippen LogP contribution in [0.25, 0.3) is 0 Å². The summed E-state index contributed by atoms with van der Waals surface area (Å²) in [5, 5.41) is 0.700. The van der Waals surface area contributed by atoms with Gasteiger partial charge in [0.1, 0.15) is 0 Å². The Morgan fingerprint density at radius 1 is 0.885 bits per heavy atom. The van der Waals surface area contributed by atoms with Crippen LogP contribution >= 0.6 is 12.6 Å². The maximum absolute atomic E-state index is 4.86. The standard InChI is InChI=1S/C25H44S/c1-3-20-9-5-4-8-19(2)18-23-17-15-21(24(23)12-6-10-20)14-16-22-11-7-13-25(22)26/h17,19-22,24-26H,3-16,18H2,1-2H3. The van der Waals surface area contributed by atoms with Gasteiger partial charge in [0.05, 0.1) is 0 Å². The summed E-state index contributed by atoms with van der Waals surface area (Å²) in [7, 11) is 0. The Morgan fingerprint density at radius 2 is 1.62 bits per heavy atom. The molecule has 0 aromatic rings. The lowest BCUT2D eigenvalue weighted by Crippen LogP contribution is -2.17. The lowest BCUT2D eigenvalue weighted by atomic mass is 9.78. The van der Waals surface area contributed by atoms with Crippen LogP contribution in [0.15, 0.2) is 11.6 Å². The van der Waals surface area contributed by atoms with Crippen molar-refractivity contribution in [3.63, 3.8) is 0 Å². The van der Waals surface area contributed by atoms with Crippen molar-refractivity contribution in [1.82, 2.24) is 0 Å². The smallest absolute Gasteiger partial charge is 0.00450 e. The third kappa shape index (κ3) is 5.79. The average Bonchev–Trinajstić information content (AvgIpc) is 3.20. The molecule has 0 N–H and O–H groups in total. The molecule has 0 heterocycles. The Kier molecular flexibility index (Phi) is 8.47. The average molecular weight is 377 g/mol. The topological polar surface area (TPSA) is 0 Å². The zero-order valence-electron chi connectivity index (χ0n) is 17.6. The molecule has 2 fully saturated rings. The van der Waals surface area contributed by atoms with Crippen LogP contribution in [-0.2, 0) is 0 Å². The van der Waals surface area contributed by atoms with Crippen molar-refractivity contribution in [2.24, 2.45) is 29.6 Å². The monoisotopic (exact) mass is 376 g/mol. The summed E-state index contributed by atoms with van der Waals surface area (Å²) in [6.07, 6.45) is 24.3. The third-order valence-corrected chi connectivity index (χ3v) is 8.78. The normalized spacial score (nSPS) is 39.7. The molecular formula is C25H44S. The predicted molar refractivity (Wildman–Crippen MR) is 119 cm³/mol. The van der Waals surface area contributed by atoms with E-state index in [1.54, 1.807) is 0 Å². The summed E-state index contributed by atoms with van der Waals surface area (Å²) in [6.45, 7) is 4.93. The molecule has 0 aromatic carbocycles. The SMILES string of the molecule is CCC1CCCCC(C)CC2=CCC(CCC3CCCC3S)C2CCC1. The zero-order chi connectivity index (χ0) is 18.4. The van der Waals surface area contributed by atoms with Gasteiger partial charge in [-0.25, -0.2) is 0 Å². The molecule has 3 rings (SSSR count). The van der Waals surface area contributed by atoms with Gasteiger partial charge in [-0.1, -0.05) is 76.9 Å². The molecule has 0 bridgehead atoms. The fourth-order valence-electron chi connectivity index (χ4n) is 6.29. The van der Waals surface area contributed by atoms with E-state index in [1.807, 2.05) is 5.57 Å². The molecule has 1 heteroatoms. The molecule has 6 unspecified atom stereocenters. The highest BCUT2D eigenvalue weighted by molar-refractivity contribution is 7.81. The number of rotatable bonds is 4. The first-order valence-corrected chi connectivity index (χ1v) is 12.6. The third-order valence-electron chi connectivity index (χ3n) is 8.10. The van der Waals surface area contributed by atoms with Crippen LogP contribution in [0, 0.1) is 29.6 Å². The summed E-state index contributed by atoms with van der Waals surface area (Å²) in [5.74, 6) is 4.70. The maximum atomic E-state index is 4.86. The Hall–Kier alpha value is 0.0900. The second kappa shape index (κ2) is 10.6. The Morgan fingerprint density at radius 3 is 2.38 bits per heavy atom. The number of thiol groups is 1. The summed E-state index contributed by atoms with van der Waals surface area (Å²) < 4.78 is 0. The maximum Gasteiger partial charge on any atom is 0.00450 e. The van der Waals surface area contributed by atoms with Gasteiger partial charge in [-0.3, -0.25) is 0 Å². The van der Waals surface area contributed by atoms with Crippen molar-refractivity contribution in [3.05, 3.63) is 11.6 Å². The van der Waals surface area contributed by atoms with Gasteiger partial charge in [-0.05, 0) is 74.5 Å². The molecule has 0 amide bonds. The minimum Gasteiger partial charge on any atom is -0.176 e. The van der Waals surface area contributed by atoms with E-state index >= 15 is 0 Å². The van der Waals surface area contributed by atoms with E-state index in [-0.39, 0.29) is 0 Å². The van der Waals surface area contributed by atoms with E-state index in [0.29, 0.717) is 5.25 Å². The minimum absolute atomic E-state index is 0.700. The minimum atomic E-state index is 0.700. The molecular weight excluding hydrogens is 332 g/mol. The summed E-state index contributed by atoms with van der Waals surface area (Å²) >= 11 is 4.86. The van der Waals surface area contributed by atoms with E-state index in [1.165, 1.54) is 96.3 Å². The molecule has 0 spiro atoms. The van der Waals surface area contributed by atoms with Crippen molar-refractivity contribution < 1.29 is 0 Å². The molecule has 3 aliphatic rings. The summed E-state index contributed by atoms with van der Waals surface area (Å²) in [6, 6.07) is 0. The van der Waals surface area contributed by atoms with E-state index in [2.05, 4.69) is 19.9 Å². The van der Waals surface area contributed by atoms with Gasteiger partial charge >= 0.3 is 0 Å². The van der Waals surface area contributed by atoms with Crippen molar-refractivity contribution in [2.75, 3.05) is 0 Å². The van der Waals surface area contributed by atoms with Gasteiger partial charge in [-0.15, -0.1) is 0 Å². The predicted octanol–water partition coefficient (Wildman–Crippen LogP) is 8.22. The lowest BCUT2D eigenvalue weighted by molar-refractivity contribution is 0.294. The van der Waals surface area contributed by atoms with Crippen molar-refractivity contribution in [3.8, 4) is 0 Å². The molecule has 3 aliphatic carbocycles. The first kappa shape index (κ1) is 20.8. The van der Waals surface area contributed by atoms with Crippen LogP contribution in [-0.4, -0.2) is 5.25 Å². The van der Waals surface area contributed by atoms with E-state index in [4.69, 9.17) is 12.6 Å². The fourth-order valence-corrected chi connectivity index (χ4v) is 6.77. The first-order chi connectivity index (χ1) is 12.7. The van der Waals surface area contributed by atoms with Crippen molar-refractivity contribution in [1.29, 1.82) is 0 Å². The quantitative estimate of drug-likeness (QED) is 0.371. The van der Waals surface area contributed by atoms with E-state index < -0.39 is 0 Å². The molecule has 150 valence electrons. The zero-order valence-corrected chi connectivity index (χ0v) is 18.5. The summed E-state index contributed by atoms with van der Waals surface area (Å²) in [4.78, 5) is 0. The Bertz CT molecular complexity index is 439. The molecule has 0 radical (unpaired) electrons. The molecule has 6 atom stereocenters. The molecule has 0 saturated heterocycles. The molecule has 26 heavy (non-hydrogen) atoms. The second-order valence-corrected chi connectivity index (χ2v) is 10.7. The molecule has 2 saturated carbocycles. The van der Waals surface area contributed by atoms with Crippen molar-refractivity contribution >= 4 is 12.6 Å². The number of hydrogen-bond donors (Lipinski definition) is 1. The van der Waals surface area contributed by atoms with Gasteiger partial charge in [-0.2, -0.15) is 12.6 Å². The van der Waals surface area contributed by atoms with E-state index in [0.717, 1.165) is 29.6 Å². The van der Waals surface area contributed by atoms with Crippen LogP contribution in [0.3, 0.4) is 0 Å². The van der Waals surface area contributed by atoms with Crippen molar-refractivity contribution in [2.45, 2.75) is 115 Å². The number of allylic oxidation sites excluding steroid dienone is 2. The molecule has 0 aromatic heterocycles. The van der Waals surface area contributed by atoms with Gasteiger partial charge in [0.15, 0.2) is 0 Å².